The van der Waals surface area contributed by atoms with Crippen LogP contribution in [0.25, 0.3) is 10.9 Å². The lowest BCUT2D eigenvalue weighted by Gasteiger charge is -2.34. The van der Waals surface area contributed by atoms with Crippen LogP contribution < -0.4 is 4.90 Å². The minimum Gasteiger partial charge on any atom is -0.367 e. The highest BCUT2D eigenvalue weighted by Crippen LogP contribution is 2.30. The van der Waals surface area contributed by atoms with E-state index in [2.05, 4.69) is 27.0 Å². The van der Waals surface area contributed by atoms with E-state index in [1.807, 2.05) is 48.5 Å². The number of nitrogens with zero attached hydrogens (tertiary/aromatic N) is 3. The zero-order chi connectivity index (χ0) is 18.9. The molecule has 2 heterocycles. The van der Waals surface area contributed by atoms with Gasteiger partial charge in [0.15, 0.2) is 14.9 Å². The topological polar surface area (TPSA) is 69.3 Å². The zero-order valence-corrected chi connectivity index (χ0v) is 16.2. The Kier molecular flexibility index (Phi) is 4.88. The maximum atomic E-state index is 12.9. The lowest BCUT2D eigenvalue weighted by atomic mass is 10.2. The van der Waals surface area contributed by atoms with Gasteiger partial charge >= 0.3 is 0 Å². The van der Waals surface area contributed by atoms with E-state index in [0.29, 0.717) is 11.8 Å². The van der Waals surface area contributed by atoms with Gasteiger partial charge in [0, 0.05) is 31.6 Å². The summed E-state index contributed by atoms with van der Waals surface area (Å²) in [6, 6.07) is 15.5. The number of aryl methyl sites for hydroxylation is 1. The van der Waals surface area contributed by atoms with Gasteiger partial charge in [-0.1, -0.05) is 36.4 Å². The number of H-pyrrole nitrogens is 1. The number of piperazine rings is 1. The zero-order valence-electron chi connectivity index (χ0n) is 15.4. The second kappa shape index (κ2) is 7.32. The lowest BCUT2D eigenvalue weighted by molar-refractivity contribution is 0.313. The highest BCUT2D eigenvalue weighted by Gasteiger charge is 2.24. The van der Waals surface area contributed by atoms with Crippen LogP contribution in [0.3, 0.4) is 0 Å². The van der Waals surface area contributed by atoms with E-state index in [9.17, 15) is 8.42 Å². The van der Waals surface area contributed by atoms with Gasteiger partial charge in [0.25, 0.3) is 0 Å². The van der Waals surface area contributed by atoms with Gasteiger partial charge in [-0.2, -0.15) is 5.10 Å². The summed E-state index contributed by atoms with van der Waals surface area (Å²) in [5.74, 6) is 0.0513. The first kappa shape index (κ1) is 18.0. The van der Waals surface area contributed by atoms with Crippen LogP contribution in [-0.4, -0.2) is 62.5 Å². The van der Waals surface area contributed by atoms with Crippen molar-refractivity contribution in [2.75, 3.05) is 43.9 Å². The molecule has 0 atom stereocenters. The van der Waals surface area contributed by atoms with Crippen molar-refractivity contribution in [1.29, 1.82) is 0 Å². The second-order valence-electron chi connectivity index (χ2n) is 7.07. The molecule has 1 aliphatic heterocycles. The van der Waals surface area contributed by atoms with Crippen LogP contribution in [-0.2, 0) is 16.3 Å². The Balaban J connectivity index is 1.62. The summed E-state index contributed by atoms with van der Waals surface area (Å²) in [4.78, 5) is 4.59. The molecule has 1 aromatic heterocycles. The Morgan fingerprint density at radius 2 is 1.74 bits per heavy atom. The van der Waals surface area contributed by atoms with E-state index in [0.717, 1.165) is 42.9 Å². The first-order valence-electron chi connectivity index (χ1n) is 9.22. The SMILES string of the molecule is CN1CCN(c2cccc3c(S(=O)(=O)CCc4ccccc4)n[nH]c23)CC1. The fraction of sp³-hybridized carbons (Fsp3) is 0.350. The van der Waals surface area contributed by atoms with Crippen molar-refractivity contribution in [3.05, 3.63) is 54.1 Å². The fourth-order valence-corrected chi connectivity index (χ4v) is 4.93. The number of aromatic nitrogens is 2. The van der Waals surface area contributed by atoms with Crippen LogP contribution in [0.1, 0.15) is 5.56 Å². The number of para-hydroxylation sites is 1. The summed E-state index contributed by atoms with van der Waals surface area (Å²) in [5, 5.41) is 8.02. The van der Waals surface area contributed by atoms with E-state index in [-0.39, 0.29) is 10.8 Å². The van der Waals surface area contributed by atoms with E-state index in [1.54, 1.807) is 0 Å². The molecule has 0 saturated carbocycles. The molecule has 0 bridgehead atoms. The molecule has 0 radical (unpaired) electrons. The first-order valence-corrected chi connectivity index (χ1v) is 10.9. The fourth-order valence-electron chi connectivity index (χ4n) is 3.54. The Bertz CT molecular complexity index is 1020. The van der Waals surface area contributed by atoms with Gasteiger partial charge in [0.2, 0.25) is 0 Å². The number of sulfone groups is 1. The molecule has 4 rings (SSSR count). The normalized spacial score (nSPS) is 16.1. The first-order chi connectivity index (χ1) is 13.0. The predicted octanol–water partition coefficient (Wildman–Crippen LogP) is 2.33. The molecule has 0 spiro atoms. The third-order valence-electron chi connectivity index (χ3n) is 5.18. The molecule has 1 N–H and O–H groups in total. The summed E-state index contributed by atoms with van der Waals surface area (Å²) >= 11 is 0. The average Bonchev–Trinajstić information content (AvgIpc) is 3.13. The van der Waals surface area contributed by atoms with Gasteiger partial charge in [-0.3, -0.25) is 5.10 Å². The van der Waals surface area contributed by atoms with E-state index in [4.69, 9.17) is 0 Å². The molecular weight excluding hydrogens is 360 g/mol. The third kappa shape index (κ3) is 3.70. The Morgan fingerprint density at radius 1 is 1.00 bits per heavy atom. The van der Waals surface area contributed by atoms with Crippen molar-refractivity contribution < 1.29 is 8.42 Å². The van der Waals surface area contributed by atoms with Crippen LogP contribution in [0.2, 0.25) is 0 Å². The summed E-state index contributed by atoms with van der Waals surface area (Å²) in [6.45, 7) is 3.83. The molecule has 1 aliphatic rings. The molecule has 27 heavy (non-hydrogen) atoms. The number of anilines is 1. The predicted molar refractivity (Wildman–Crippen MR) is 108 cm³/mol. The molecule has 1 saturated heterocycles. The number of hydrogen-bond donors (Lipinski definition) is 1. The van der Waals surface area contributed by atoms with Crippen molar-refractivity contribution >= 4 is 26.4 Å². The Morgan fingerprint density at radius 3 is 2.48 bits per heavy atom. The molecule has 1 fully saturated rings. The minimum absolute atomic E-state index is 0.0513. The van der Waals surface area contributed by atoms with Gasteiger partial charge in [-0.15, -0.1) is 0 Å². The summed E-state index contributed by atoms with van der Waals surface area (Å²) < 4.78 is 25.8. The largest absolute Gasteiger partial charge is 0.367 e. The van der Waals surface area contributed by atoms with Crippen molar-refractivity contribution in [1.82, 2.24) is 15.1 Å². The molecule has 0 amide bonds. The quantitative estimate of drug-likeness (QED) is 0.731. The molecule has 7 heteroatoms. The van der Waals surface area contributed by atoms with Gasteiger partial charge in [-0.25, -0.2) is 8.42 Å². The van der Waals surface area contributed by atoms with Gasteiger partial charge in [0.1, 0.15) is 0 Å². The third-order valence-corrected chi connectivity index (χ3v) is 6.82. The number of fused-ring (bicyclic) bond motifs is 1. The van der Waals surface area contributed by atoms with Crippen molar-refractivity contribution in [2.24, 2.45) is 0 Å². The van der Waals surface area contributed by atoms with E-state index >= 15 is 0 Å². The number of hydrogen-bond acceptors (Lipinski definition) is 5. The molecule has 142 valence electrons. The van der Waals surface area contributed by atoms with Crippen molar-refractivity contribution in [3.8, 4) is 0 Å². The maximum absolute atomic E-state index is 12.9. The smallest absolute Gasteiger partial charge is 0.198 e. The monoisotopic (exact) mass is 384 g/mol. The number of likely N-dealkylation sites (N-methyl/N-ethyl adjacent to an activating group) is 1. The van der Waals surface area contributed by atoms with Gasteiger partial charge in [0.05, 0.1) is 17.0 Å². The van der Waals surface area contributed by atoms with Crippen LogP contribution in [0.5, 0.6) is 0 Å². The highest BCUT2D eigenvalue weighted by molar-refractivity contribution is 7.91. The Hall–Kier alpha value is -2.38. The van der Waals surface area contributed by atoms with Crippen LogP contribution in [0.15, 0.2) is 53.6 Å². The lowest BCUT2D eigenvalue weighted by Crippen LogP contribution is -2.44. The number of benzene rings is 2. The number of nitrogens with one attached hydrogen (secondary N) is 1. The van der Waals surface area contributed by atoms with E-state index in [1.165, 1.54) is 0 Å². The number of rotatable bonds is 5. The summed E-state index contributed by atoms with van der Waals surface area (Å²) in [6.07, 6.45) is 0.482. The average molecular weight is 385 g/mol. The maximum Gasteiger partial charge on any atom is 0.198 e. The van der Waals surface area contributed by atoms with E-state index < -0.39 is 9.84 Å². The van der Waals surface area contributed by atoms with Crippen LogP contribution in [0.4, 0.5) is 5.69 Å². The van der Waals surface area contributed by atoms with Gasteiger partial charge in [-0.05, 0) is 31.2 Å². The molecule has 0 unspecified atom stereocenters. The number of aromatic amines is 1. The Labute approximate surface area is 159 Å². The van der Waals surface area contributed by atoms with Crippen molar-refractivity contribution in [3.63, 3.8) is 0 Å². The summed E-state index contributed by atoms with van der Waals surface area (Å²) in [5.41, 5.74) is 2.84. The molecular formula is C20H24N4O2S. The van der Waals surface area contributed by atoms with Gasteiger partial charge < -0.3 is 9.80 Å². The standard InChI is InChI=1S/C20H24N4O2S/c1-23-11-13-24(14-12-23)18-9-5-8-17-19(18)21-22-20(17)27(25,26)15-10-16-6-3-2-4-7-16/h2-9H,10-15H2,1H3,(H,21,22). The molecule has 6 nitrogen and oxygen atoms in total. The van der Waals surface area contributed by atoms with Crippen LogP contribution in [0, 0.1) is 0 Å². The molecule has 2 aromatic carbocycles. The van der Waals surface area contributed by atoms with Crippen LogP contribution >= 0.6 is 0 Å². The van der Waals surface area contributed by atoms with Crippen molar-refractivity contribution in [2.45, 2.75) is 11.4 Å². The second-order valence-corrected chi connectivity index (χ2v) is 9.10. The molecule has 0 aliphatic carbocycles. The molecule has 3 aromatic rings. The highest BCUT2D eigenvalue weighted by atomic mass is 32.2. The minimum atomic E-state index is -3.47. The summed E-state index contributed by atoms with van der Waals surface area (Å²) in [7, 11) is -1.35.